The largest absolute Gasteiger partial charge is 0.497 e. The summed E-state index contributed by atoms with van der Waals surface area (Å²) in [6.07, 6.45) is 1.63. The average Bonchev–Trinajstić information content (AvgIpc) is 2.86. The molecule has 0 N–H and O–H groups in total. The Morgan fingerprint density at radius 3 is 3.06 bits per heavy atom. The first-order valence-corrected chi connectivity index (χ1v) is 6.51. The molecule has 1 aromatic rings. The van der Waals surface area contributed by atoms with Gasteiger partial charge in [-0.25, -0.2) is 0 Å². The normalized spacial score (nSPS) is 18.5. The van der Waals surface area contributed by atoms with Crippen LogP contribution in [0.3, 0.4) is 0 Å². The topological polar surface area (TPSA) is 53.3 Å². The fourth-order valence-electron chi connectivity index (χ4n) is 2.09. The van der Waals surface area contributed by atoms with E-state index in [1.54, 1.807) is 30.2 Å². The molecule has 0 spiro atoms. The van der Waals surface area contributed by atoms with Crippen LogP contribution >= 0.6 is 15.9 Å². The third-order valence-corrected chi connectivity index (χ3v) is 3.76. The van der Waals surface area contributed by atoms with Gasteiger partial charge in [-0.3, -0.25) is 4.79 Å². The summed E-state index contributed by atoms with van der Waals surface area (Å²) in [5, 5.41) is 9.02. The SMILES string of the molecule is COc1ccc(Br)c(C(=O)N2CCCC2C#N)c1. The van der Waals surface area contributed by atoms with E-state index >= 15 is 0 Å². The van der Waals surface area contributed by atoms with Crippen LogP contribution in [0.25, 0.3) is 0 Å². The quantitative estimate of drug-likeness (QED) is 0.844. The Balaban J connectivity index is 2.31. The lowest BCUT2D eigenvalue weighted by molar-refractivity contribution is 0.0763. The molecule has 1 heterocycles. The number of ether oxygens (including phenoxy) is 1. The van der Waals surface area contributed by atoms with Crippen LogP contribution in [0.2, 0.25) is 0 Å². The molecule has 0 bridgehead atoms. The molecule has 1 unspecified atom stereocenters. The van der Waals surface area contributed by atoms with Gasteiger partial charge in [-0.15, -0.1) is 0 Å². The lowest BCUT2D eigenvalue weighted by Gasteiger charge is -2.20. The second-order valence-corrected chi connectivity index (χ2v) is 4.99. The molecule has 1 aliphatic rings. The van der Waals surface area contributed by atoms with Gasteiger partial charge in [0.25, 0.3) is 5.91 Å². The van der Waals surface area contributed by atoms with E-state index in [0.717, 1.165) is 17.3 Å². The number of benzene rings is 1. The van der Waals surface area contributed by atoms with Crippen molar-refractivity contribution < 1.29 is 9.53 Å². The number of carbonyl (C=O) groups is 1. The zero-order chi connectivity index (χ0) is 13.1. The number of hydrogen-bond donors (Lipinski definition) is 0. The van der Waals surface area contributed by atoms with Crippen LogP contribution in [0.5, 0.6) is 5.75 Å². The monoisotopic (exact) mass is 308 g/mol. The molecule has 0 aromatic heterocycles. The fourth-order valence-corrected chi connectivity index (χ4v) is 2.51. The maximum Gasteiger partial charge on any atom is 0.256 e. The molecule has 1 amide bonds. The first-order valence-electron chi connectivity index (χ1n) is 5.71. The molecule has 4 nitrogen and oxygen atoms in total. The summed E-state index contributed by atoms with van der Waals surface area (Å²) in [5.41, 5.74) is 0.538. The van der Waals surface area contributed by atoms with Crippen molar-refractivity contribution in [3.05, 3.63) is 28.2 Å². The Morgan fingerprint density at radius 2 is 2.39 bits per heavy atom. The summed E-state index contributed by atoms with van der Waals surface area (Å²) in [4.78, 5) is 14.0. The van der Waals surface area contributed by atoms with Crippen LogP contribution in [0.15, 0.2) is 22.7 Å². The van der Waals surface area contributed by atoms with Crippen LogP contribution in [-0.2, 0) is 0 Å². The molecular weight excluding hydrogens is 296 g/mol. The van der Waals surface area contributed by atoms with Gasteiger partial charge in [0.15, 0.2) is 0 Å². The molecule has 94 valence electrons. The highest BCUT2D eigenvalue weighted by Gasteiger charge is 2.30. The van der Waals surface area contributed by atoms with E-state index in [1.165, 1.54) is 0 Å². The van der Waals surface area contributed by atoms with E-state index in [1.807, 2.05) is 0 Å². The number of methoxy groups -OCH3 is 1. The summed E-state index contributed by atoms with van der Waals surface area (Å²) >= 11 is 3.36. The molecule has 2 rings (SSSR count). The molecule has 5 heteroatoms. The van der Waals surface area contributed by atoms with E-state index in [-0.39, 0.29) is 11.9 Å². The number of nitriles is 1. The van der Waals surface area contributed by atoms with Crippen LogP contribution in [0.4, 0.5) is 0 Å². The molecular formula is C13H13BrN2O2. The number of likely N-dealkylation sites (tertiary alicyclic amines) is 1. The van der Waals surface area contributed by atoms with Crippen molar-refractivity contribution >= 4 is 21.8 Å². The van der Waals surface area contributed by atoms with Gasteiger partial charge in [-0.1, -0.05) is 0 Å². The number of hydrogen-bond acceptors (Lipinski definition) is 3. The van der Waals surface area contributed by atoms with Crippen molar-refractivity contribution in [2.24, 2.45) is 0 Å². The van der Waals surface area contributed by atoms with Crippen molar-refractivity contribution in [3.63, 3.8) is 0 Å². The molecule has 0 saturated carbocycles. The van der Waals surface area contributed by atoms with Gasteiger partial charge in [-0.2, -0.15) is 5.26 Å². The minimum Gasteiger partial charge on any atom is -0.497 e. The van der Waals surface area contributed by atoms with Gasteiger partial charge >= 0.3 is 0 Å². The zero-order valence-corrected chi connectivity index (χ0v) is 11.6. The number of amides is 1. The van der Waals surface area contributed by atoms with Gasteiger partial charge in [0.2, 0.25) is 0 Å². The second-order valence-electron chi connectivity index (χ2n) is 4.13. The van der Waals surface area contributed by atoms with E-state index in [0.29, 0.717) is 17.9 Å². The van der Waals surface area contributed by atoms with Gasteiger partial charge in [0.1, 0.15) is 11.8 Å². The van der Waals surface area contributed by atoms with Gasteiger partial charge < -0.3 is 9.64 Å². The first kappa shape index (κ1) is 12.9. The molecule has 0 radical (unpaired) electrons. The van der Waals surface area contributed by atoms with Crippen LogP contribution in [0, 0.1) is 11.3 Å². The van der Waals surface area contributed by atoms with Gasteiger partial charge in [0, 0.05) is 11.0 Å². The second kappa shape index (κ2) is 5.40. The van der Waals surface area contributed by atoms with E-state index in [2.05, 4.69) is 22.0 Å². The minimum absolute atomic E-state index is 0.121. The number of carbonyl (C=O) groups excluding carboxylic acids is 1. The molecule has 1 saturated heterocycles. The van der Waals surface area contributed by atoms with E-state index in [9.17, 15) is 4.79 Å². The Labute approximate surface area is 114 Å². The Bertz CT molecular complexity index is 510. The van der Waals surface area contributed by atoms with Crippen molar-refractivity contribution in [2.45, 2.75) is 18.9 Å². The standard InChI is InChI=1S/C13H13BrN2O2/c1-18-10-4-5-12(14)11(7-10)13(17)16-6-2-3-9(16)8-15/h4-5,7,9H,2-3,6H2,1H3. The molecule has 1 aliphatic heterocycles. The van der Waals surface area contributed by atoms with Crippen LogP contribution < -0.4 is 4.74 Å². The van der Waals surface area contributed by atoms with Crippen LogP contribution in [-0.4, -0.2) is 30.5 Å². The highest BCUT2D eigenvalue weighted by molar-refractivity contribution is 9.10. The summed E-state index contributed by atoms with van der Waals surface area (Å²) in [6, 6.07) is 7.12. The van der Waals surface area contributed by atoms with Crippen molar-refractivity contribution in [2.75, 3.05) is 13.7 Å². The molecule has 1 atom stereocenters. The predicted octanol–water partition coefficient (Wildman–Crippen LogP) is 2.59. The Kier molecular flexibility index (Phi) is 3.87. The zero-order valence-electron chi connectivity index (χ0n) is 10.0. The van der Waals surface area contributed by atoms with E-state index in [4.69, 9.17) is 10.00 Å². The summed E-state index contributed by atoms with van der Waals surface area (Å²) in [6.45, 7) is 0.640. The predicted molar refractivity (Wildman–Crippen MR) is 70.4 cm³/mol. The van der Waals surface area contributed by atoms with Gasteiger partial charge in [-0.05, 0) is 47.0 Å². The van der Waals surface area contributed by atoms with Crippen LogP contribution in [0.1, 0.15) is 23.2 Å². The number of nitrogens with zero attached hydrogens (tertiary/aromatic N) is 2. The lowest BCUT2D eigenvalue weighted by atomic mass is 10.1. The van der Waals surface area contributed by atoms with Crippen molar-refractivity contribution in [1.29, 1.82) is 5.26 Å². The highest BCUT2D eigenvalue weighted by Crippen LogP contribution is 2.26. The molecule has 1 fully saturated rings. The van der Waals surface area contributed by atoms with Gasteiger partial charge in [0.05, 0.1) is 18.7 Å². The fraction of sp³-hybridized carbons (Fsp3) is 0.385. The third kappa shape index (κ3) is 2.34. The molecule has 18 heavy (non-hydrogen) atoms. The van der Waals surface area contributed by atoms with Crippen molar-refractivity contribution in [1.82, 2.24) is 4.90 Å². The minimum atomic E-state index is -0.310. The summed E-state index contributed by atoms with van der Waals surface area (Å²) in [5.74, 6) is 0.513. The summed E-state index contributed by atoms with van der Waals surface area (Å²) < 4.78 is 5.84. The van der Waals surface area contributed by atoms with Crippen molar-refractivity contribution in [3.8, 4) is 11.8 Å². The number of halogens is 1. The smallest absolute Gasteiger partial charge is 0.256 e. The molecule has 0 aliphatic carbocycles. The average molecular weight is 309 g/mol. The lowest BCUT2D eigenvalue weighted by Crippen LogP contribution is -2.34. The maximum atomic E-state index is 12.4. The third-order valence-electron chi connectivity index (χ3n) is 3.07. The van der Waals surface area contributed by atoms with E-state index < -0.39 is 0 Å². The summed E-state index contributed by atoms with van der Waals surface area (Å²) in [7, 11) is 1.56. The Morgan fingerprint density at radius 1 is 1.61 bits per heavy atom. The first-order chi connectivity index (χ1) is 8.67. The molecule has 1 aromatic carbocycles. The highest BCUT2D eigenvalue weighted by atomic mass is 79.9. The number of rotatable bonds is 2. The Hall–Kier alpha value is -1.54. The maximum absolute atomic E-state index is 12.4.